The molecule has 0 fully saturated rings. The first-order chi connectivity index (χ1) is 11.8. The lowest BCUT2D eigenvalue weighted by Crippen LogP contribution is -2.30. The van der Waals surface area contributed by atoms with Crippen LogP contribution in [0.2, 0.25) is 5.02 Å². The maximum atomic E-state index is 12.5. The van der Waals surface area contributed by atoms with Crippen LogP contribution in [0.5, 0.6) is 5.75 Å². The van der Waals surface area contributed by atoms with Crippen LogP contribution in [-0.4, -0.2) is 25.0 Å². The van der Waals surface area contributed by atoms with Gasteiger partial charge in [0.2, 0.25) is 0 Å². The van der Waals surface area contributed by atoms with E-state index in [0.29, 0.717) is 27.6 Å². The highest BCUT2D eigenvalue weighted by molar-refractivity contribution is 6.31. The van der Waals surface area contributed by atoms with E-state index in [4.69, 9.17) is 16.3 Å². The third kappa shape index (κ3) is 4.73. The van der Waals surface area contributed by atoms with Crippen molar-refractivity contribution in [2.24, 2.45) is 0 Å². The van der Waals surface area contributed by atoms with Gasteiger partial charge < -0.3 is 15.4 Å². The van der Waals surface area contributed by atoms with Gasteiger partial charge in [0.05, 0.1) is 12.7 Å². The topological polar surface area (TPSA) is 67.4 Å². The Labute approximate surface area is 152 Å². The van der Waals surface area contributed by atoms with Crippen molar-refractivity contribution in [3.63, 3.8) is 0 Å². The summed E-state index contributed by atoms with van der Waals surface area (Å²) in [6.45, 7) is 5.64. The second kappa shape index (κ2) is 8.03. The van der Waals surface area contributed by atoms with E-state index < -0.39 is 0 Å². The summed E-state index contributed by atoms with van der Waals surface area (Å²) in [7, 11) is 1.47. The Morgan fingerprint density at radius 3 is 2.40 bits per heavy atom. The molecule has 0 spiro atoms. The Bertz CT molecular complexity index is 803. The number of nitrogens with one attached hydrogen (secondary N) is 2. The van der Waals surface area contributed by atoms with Crippen molar-refractivity contribution in [3.8, 4) is 5.75 Å². The van der Waals surface area contributed by atoms with Gasteiger partial charge in [-0.05, 0) is 56.7 Å². The first kappa shape index (κ1) is 18.8. The molecular weight excluding hydrogens is 340 g/mol. The average molecular weight is 361 g/mol. The molecule has 0 radical (unpaired) electrons. The van der Waals surface area contributed by atoms with Gasteiger partial charge in [-0.3, -0.25) is 9.59 Å². The fraction of sp³-hybridized carbons (Fsp3) is 0.263. The number of benzene rings is 2. The lowest BCUT2D eigenvalue weighted by Gasteiger charge is -2.13. The van der Waals surface area contributed by atoms with E-state index in [9.17, 15) is 9.59 Å². The summed E-state index contributed by atoms with van der Waals surface area (Å²) in [6.07, 6.45) is 0. The monoisotopic (exact) mass is 360 g/mol. The minimum Gasteiger partial charge on any atom is -0.496 e. The quantitative estimate of drug-likeness (QED) is 0.845. The molecule has 0 saturated carbocycles. The number of aryl methyl sites for hydroxylation is 1. The van der Waals surface area contributed by atoms with Crippen molar-refractivity contribution in [2.75, 3.05) is 12.4 Å². The minimum absolute atomic E-state index is 0.0310. The van der Waals surface area contributed by atoms with Gasteiger partial charge in [-0.1, -0.05) is 17.7 Å². The average Bonchev–Trinajstić information content (AvgIpc) is 2.55. The van der Waals surface area contributed by atoms with Gasteiger partial charge in [-0.2, -0.15) is 0 Å². The Balaban J connectivity index is 2.26. The number of rotatable bonds is 5. The summed E-state index contributed by atoms with van der Waals surface area (Å²) in [4.78, 5) is 24.8. The van der Waals surface area contributed by atoms with Crippen LogP contribution < -0.4 is 15.4 Å². The molecule has 2 aromatic rings. The van der Waals surface area contributed by atoms with Crippen LogP contribution in [-0.2, 0) is 0 Å². The maximum Gasteiger partial charge on any atom is 0.259 e. The first-order valence-corrected chi connectivity index (χ1v) is 8.26. The van der Waals surface area contributed by atoms with Crippen molar-refractivity contribution in [3.05, 3.63) is 58.1 Å². The largest absolute Gasteiger partial charge is 0.496 e. The molecule has 6 heteroatoms. The van der Waals surface area contributed by atoms with E-state index >= 15 is 0 Å². The van der Waals surface area contributed by atoms with E-state index in [1.807, 2.05) is 20.8 Å². The number of carbonyl (C=O) groups is 2. The van der Waals surface area contributed by atoms with E-state index in [-0.39, 0.29) is 17.9 Å². The van der Waals surface area contributed by atoms with Crippen molar-refractivity contribution in [1.82, 2.24) is 5.32 Å². The molecular formula is C19H21ClN2O3. The predicted molar refractivity (Wildman–Crippen MR) is 99.7 cm³/mol. The number of methoxy groups -OCH3 is 1. The summed E-state index contributed by atoms with van der Waals surface area (Å²) in [5.74, 6) is -0.129. The van der Waals surface area contributed by atoms with Gasteiger partial charge in [0, 0.05) is 22.3 Å². The standard InChI is InChI=1S/C19H21ClN2O3/c1-11(2)21-19(24)16-10-14(7-5-12(16)3)22-18(23)15-8-6-13(20)9-17(15)25-4/h5-11H,1-4H3,(H,21,24)(H,22,23). The molecule has 2 aromatic carbocycles. The van der Waals surface area contributed by atoms with E-state index in [1.54, 1.807) is 36.4 Å². The smallest absolute Gasteiger partial charge is 0.259 e. The SMILES string of the molecule is COc1cc(Cl)ccc1C(=O)Nc1ccc(C)c(C(=O)NC(C)C)c1. The summed E-state index contributed by atoms with van der Waals surface area (Å²) in [5, 5.41) is 6.12. The molecule has 0 bridgehead atoms. The fourth-order valence-corrected chi connectivity index (χ4v) is 2.50. The molecule has 2 rings (SSSR count). The van der Waals surface area contributed by atoms with Gasteiger partial charge in [-0.25, -0.2) is 0 Å². The molecule has 132 valence electrons. The molecule has 0 aliphatic carbocycles. The zero-order valence-corrected chi connectivity index (χ0v) is 15.4. The number of amides is 2. The number of halogens is 1. The molecule has 0 saturated heterocycles. The molecule has 0 atom stereocenters. The van der Waals surface area contributed by atoms with Crippen LogP contribution in [0.15, 0.2) is 36.4 Å². The van der Waals surface area contributed by atoms with Crippen molar-refractivity contribution >= 4 is 29.1 Å². The highest BCUT2D eigenvalue weighted by atomic mass is 35.5. The Morgan fingerprint density at radius 1 is 1.04 bits per heavy atom. The Morgan fingerprint density at radius 2 is 1.76 bits per heavy atom. The lowest BCUT2D eigenvalue weighted by molar-refractivity contribution is 0.0941. The summed E-state index contributed by atoms with van der Waals surface area (Å²) >= 11 is 5.92. The third-order valence-corrected chi connectivity index (χ3v) is 3.80. The molecule has 0 heterocycles. The van der Waals surface area contributed by atoms with Gasteiger partial charge in [0.15, 0.2) is 0 Å². The van der Waals surface area contributed by atoms with Crippen molar-refractivity contribution in [2.45, 2.75) is 26.8 Å². The first-order valence-electron chi connectivity index (χ1n) is 7.88. The van der Waals surface area contributed by atoms with Gasteiger partial charge >= 0.3 is 0 Å². The zero-order valence-electron chi connectivity index (χ0n) is 14.6. The van der Waals surface area contributed by atoms with Crippen molar-refractivity contribution < 1.29 is 14.3 Å². The highest BCUT2D eigenvalue weighted by Crippen LogP contribution is 2.24. The number of hydrogen-bond donors (Lipinski definition) is 2. The van der Waals surface area contributed by atoms with Crippen LogP contribution in [0.1, 0.15) is 40.1 Å². The number of ether oxygens (including phenoxy) is 1. The molecule has 0 aliphatic heterocycles. The highest BCUT2D eigenvalue weighted by Gasteiger charge is 2.15. The molecule has 5 nitrogen and oxygen atoms in total. The molecule has 0 aromatic heterocycles. The summed E-state index contributed by atoms with van der Waals surface area (Å²) < 4.78 is 5.20. The third-order valence-electron chi connectivity index (χ3n) is 3.57. The van der Waals surface area contributed by atoms with Crippen LogP contribution in [0.4, 0.5) is 5.69 Å². The Kier molecular flexibility index (Phi) is 6.04. The van der Waals surface area contributed by atoms with E-state index in [2.05, 4.69) is 10.6 Å². The molecule has 25 heavy (non-hydrogen) atoms. The second-order valence-corrected chi connectivity index (χ2v) is 6.39. The summed E-state index contributed by atoms with van der Waals surface area (Å²) in [6, 6.07) is 10.0. The summed E-state index contributed by atoms with van der Waals surface area (Å²) in [5.41, 5.74) is 2.25. The Hall–Kier alpha value is -2.53. The zero-order chi connectivity index (χ0) is 18.6. The van der Waals surface area contributed by atoms with Crippen LogP contribution >= 0.6 is 11.6 Å². The lowest BCUT2D eigenvalue weighted by atomic mass is 10.1. The molecule has 0 aliphatic rings. The number of carbonyl (C=O) groups excluding carboxylic acids is 2. The van der Waals surface area contributed by atoms with Crippen molar-refractivity contribution in [1.29, 1.82) is 0 Å². The maximum absolute atomic E-state index is 12.5. The van der Waals surface area contributed by atoms with Crippen LogP contribution in [0.3, 0.4) is 0 Å². The second-order valence-electron chi connectivity index (χ2n) is 5.96. The number of anilines is 1. The molecule has 0 unspecified atom stereocenters. The van der Waals surface area contributed by atoms with Crippen LogP contribution in [0.25, 0.3) is 0 Å². The molecule has 2 amide bonds. The minimum atomic E-state index is -0.340. The fourth-order valence-electron chi connectivity index (χ4n) is 2.34. The normalized spacial score (nSPS) is 10.5. The van der Waals surface area contributed by atoms with Gasteiger partial charge in [0.1, 0.15) is 5.75 Å². The predicted octanol–water partition coefficient (Wildman–Crippen LogP) is 4.05. The van der Waals surface area contributed by atoms with Gasteiger partial charge in [-0.15, -0.1) is 0 Å². The van der Waals surface area contributed by atoms with E-state index in [0.717, 1.165) is 5.56 Å². The van der Waals surface area contributed by atoms with Gasteiger partial charge in [0.25, 0.3) is 11.8 Å². The van der Waals surface area contributed by atoms with Crippen LogP contribution in [0, 0.1) is 6.92 Å². The van der Waals surface area contributed by atoms with E-state index in [1.165, 1.54) is 7.11 Å². The molecule has 2 N–H and O–H groups in total. The number of hydrogen-bond acceptors (Lipinski definition) is 3.